The highest BCUT2D eigenvalue weighted by molar-refractivity contribution is 8.18. The molecule has 0 atom stereocenters. The minimum absolute atomic E-state index is 0.156. The second kappa shape index (κ2) is 8.10. The van der Waals surface area contributed by atoms with Gasteiger partial charge in [-0.15, -0.1) is 0 Å². The number of amides is 1. The number of carbonyl (C=O) groups excluding carboxylic acids is 1. The Morgan fingerprint density at radius 3 is 2.25 bits per heavy atom. The maximum absolute atomic E-state index is 12.3. The Morgan fingerprint density at radius 2 is 1.61 bits per heavy atom. The summed E-state index contributed by atoms with van der Waals surface area (Å²) in [4.78, 5) is 21.9. The molecule has 1 fully saturated rings. The first-order chi connectivity index (χ1) is 13.6. The van der Waals surface area contributed by atoms with Crippen LogP contribution < -0.4 is 9.64 Å². The molecule has 1 amide bonds. The minimum Gasteiger partial charge on any atom is -0.497 e. The predicted octanol–water partition coefficient (Wildman–Crippen LogP) is 3.80. The van der Waals surface area contributed by atoms with Gasteiger partial charge >= 0.3 is 0 Å². The van der Waals surface area contributed by atoms with Crippen LogP contribution in [0, 0.1) is 6.92 Å². The third-order valence-electron chi connectivity index (χ3n) is 4.97. The molecule has 2 aromatic carbocycles. The molecule has 0 N–H and O–H groups in total. The number of rotatable bonds is 3. The fourth-order valence-electron chi connectivity index (χ4n) is 3.30. The maximum atomic E-state index is 12.3. The molecule has 4 rings (SSSR count). The number of methoxy groups -OCH3 is 1. The number of benzene rings is 2. The summed E-state index contributed by atoms with van der Waals surface area (Å²) in [5.41, 5.74) is 3.49. The first kappa shape index (κ1) is 18.6. The summed E-state index contributed by atoms with van der Waals surface area (Å²) in [5.74, 6) is 0.646. The molecule has 28 heavy (non-hydrogen) atoms. The fraction of sp³-hybridized carbons (Fsp3) is 0.273. The number of hydrogen-bond acceptors (Lipinski definition) is 5. The number of thioether (sulfide) groups is 1. The van der Waals surface area contributed by atoms with Gasteiger partial charge in [0.05, 0.1) is 12.0 Å². The first-order valence-electron chi connectivity index (χ1n) is 9.35. The number of ether oxygens (including phenoxy) is 1. The summed E-state index contributed by atoms with van der Waals surface area (Å²) in [6, 6.07) is 16.3. The van der Waals surface area contributed by atoms with Crippen molar-refractivity contribution in [1.82, 2.24) is 4.90 Å². The van der Waals surface area contributed by atoms with Crippen molar-refractivity contribution < 1.29 is 9.53 Å². The lowest BCUT2D eigenvalue weighted by Gasteiger charge is -2.36. The highest BCUT2D eigenvalue weighted by Gasteiger charge is 2.28. The average molecular weight is 394 g/mol. The fourth-order valence-corrected chi connectivity index (χ4v) is 4.26. The molecular weight excluding hydrogens is 370 g/mol. The van der Waals surface area contributed by atoms with E-state index in [1.54, 1.807) is 7.11 Å². The highest BCUT2D eigenvalue weighted by atomic mass is 32.2. The molecule has 2 aliphatic rings. The highest BCUT2D eigenvalue weighted by Crippen LogP contribution is 2.31. The van der Waals surface area contributed by atoms with Gasteiger partial charge in [-0.05, 0) is 54.6 Å². The van der Waals surface area contributed by atoms with Crippen LogP contribution in [0.4, 0.5) is 5.69 Å². The number of hydrogen-bond donors (Lipinski definition) is 0. The van der Waals surface area contributed by atoms with E-state index in [4.69, 9.17) is 4.74 Å². The molecule has 0 bridgehead atoms. The van der Waals surface area contributed by atoms with Gasteiger partial charge in [0.2, 0.25) is 0 Å². The molecule has 144 valence electrons. The lowest BCUT2D eigenvalue weighted by molar-refractivity contribution is -0.113. The van der Waals surface area contributed by atoms with Gasteiger partial charge < -0.3 is 14.5 Å². The average Bonchev–Trinajstić information content (AvgIpc) is 3.09. The van der Waals surface area contributed by atoms with Crippen LogP contribution in [0.1, 0.15) is 11.1 Å². The summed E-state index contributed by atoms with van der Waals surface area (Å²) in [6.07, 6.45) is 1.89. The van der Waals surface area contributed by atoms with Crippen LogP contribution in [0.5, 0.6) is 5.75 Å². The van der Waals surface area contributed by atoms with Crippen LogP contribution in [0.2, 0.25) is 0 Å². The van der Waals surface area contributed by atoms with Crippen molar-refractivity contribution in [3.8, 4) is 5.75 Å². The smallest absolute Gasteiger partial charge is 0.286 e. The second-order valence-corrected chi connectivity index (χ2v) is 7.90. The van der Waals surface area contributed by atoms with Crippen LogP contribution in [-0.2, 0) is 4.79 Å². The Kier molecular flexibility index (Phi) is 5.39. The quantitative estimate of drug-likeness (QED) is 0.743. The normalized spacial score (nSPS) is 18.6. The molecule has 0 spiro atoms. The van der Waals surface area contributed by atoms with E-state index in [-0.39, 0.29) is 5.91 Å². The van der Waals surface area contributed by atoms with E-state index in [9.17, 15) is 4.79 Å². The molecular formula is C22H23N3O2S. The Morgan fingerprint density at radius 1 is 0.964 bits per heavy atom. The van der Waals surface area contributed by atoms with E-state index < -0.39 is 0 Å². The Hall–Kier alpha value is -2.73. The SMILES string of the molecule is COc1ccc(/C=C2\SC(N3CCN(c4ccc(C)cc4)CC3)=NC2=O)cc1. The number of piperazine rings is 1. The molecule has 2 aliphatic heterocycles. The number of aliphatic imine (C=N–C) groups is 1. The van der Waals surface area contributed by atoms with E-state index in [1.807, 2.05) is 30.3 Å². The third kappa shape index (κ3) is 4.07. The molecule has 0 unspecified atom stereocenters. The summed E-state index contributed by atoms with van der Waals surface area (Å²) in [6.45, 7) is 5.68. The van der Waals surface area contributed by atoms with Crippen LogP contribution in [0.3, 0.4) is 0 Å². The van der Waals surface area contributed by atoms with E-state index in [0.29, 0.717) is 4.91 Å². The van der Waals surface area contributed by atoms with E-state index >= 15 is 0 Å². The third-order valence-corrected chi connectivity index (χ3v) is 6.02. The predicted molar refractivity (Wildman–Crippen MR) is 116 cm³/mol. The van der Waals surface area contributed by atoms with Crippen molar-refractivity contribution in [2.75, 3.05) is 38.2 Å². The topological polar surface area (TPSA) is 45.1 Å². The van der Waals surface area contributed by atoms with Crippen LogP contribution in [0.25, 0.3) is 6.08 Å². The van der Waals surface area contributed by atoms with Crippen molar-refractivity contribution in [3.05, 3.63) is 64.6 Å². The zero-order chi connectivity index (χ0) is 19.5. The van der Waals surface area contributed by atoms with Crippen LogP contribution >= 0.6 is 11.8 Å². The first-order valence-corrected chi connectivity index (χ1v) is 10.2. The molecule has 0 radical (unpaired) electrons. The van der Waals surface area contributed by atoms with Crippen LogP contribution in [-0.4, -0.2) is 49.3 Å². The van der Waals surface area contributed by atoms with Gasteiger partial charge in [0.1, 0.15) is 5.75 Å². The zero-order valence-electron chi connectivity index (χ0n) is 16.1. The van der Waals surface area contributed by atoms with Gasteiger partial charge in [0.15, 0.2) is 5.17 Å². The Bertz CT molecular complexity index is 912. The van der Waals surface area contributed by atoms with Gasteiger partial charge in [-0.25, -0.2) is 0 Å². The molecule has 5 nitrogen and oxygen atoms in total. The molecule has 1 saturated heterocycles. The molecule has 0 aromatic heterocycles. The molecule has 2 heterocycles. The molecule has 0 saturated carbocycles. The lowest BCUT2D eigenvalue weighted by Crippen LogP contribution is -2.47. The van der Waals surface area contributed by atoms with Crippen molar-refractivity contribution in [2.45, 2.75) is 6.92 Å². The zero-order valence-corrected chi connectivity index (χ0v) is 16.9. The Balaban J connectivity index is 1.38. The van der Waals surface area contributed by atoms with Gasteiger partial charge in [0, 0.05) is 31.9 Å². The van der Waals surface area contributed by atoms with Gasteiger partial charge in [0.25, 0.3) is 5.91 Å². The van der Waals surface area contributed by atoms with Crippen molar-refractivity contribution in [1.29, 1.82) is 0 Å². The van der Waals surface area contributed by atoms with Crippen molar-refractivity contribution >= 4 is 34.6 Å². The van der Waals surface area contributed by atoms with Gasteiger partial charge in [-0.2, -0.15) is 4.99 Å². The van der Waals surface area contributed by atoms with E-state index in [2.05, 4.69) is 46.0 Å². The summed E-state index contributed by atoms with van der Waals surface area (Å²) >= 11 is 1.47. The van der Waals surface area contributed by atoms with Gasteiger partial charge in [-0.3, -0.25) is 4.79 Å². The number of nitrogens with zero attached hydrogens (tertiary/aromatic N) is 3. The van der Waals surface area contributed by atoms with Crippen molar-refractivity contribution in [2.24, 2.45) is 4.99 Å². The summed E-state index contributed by atoms with van der Waals surface area (Å²) in [7, 11) is 1.64. The van der Waals surface area contributed by atoms with Gasteiger partial charge in [-0.1, -0.05) is 29.8 Å². The number of aryl methyl sites for hydroxylation is 1. The van der Waals surface area contributed by atoms with Crippen molar-refractivity contribution in [3.63, 3.8) is 0 Å². The number of anilines is 1. The Labute approximate surface area is 169 Å². The monoisotopic (exact) mass is 393 g/mol. The summed E-state index contributed by atoms with van der Waals surface area (Å²) in [5, 5.41) is 0.813. The largest absolute Gasteiger partial charge is 0.497 e. The standard InChI is InChI=1S/C22H23N3O2S/c1-16-3-7-18(8-4-16)24-11-13-25(14-12-24)22-23-21(26)20(28-22)15-17-5-9-19(27-2)10-6-17/h3-10,15H,11-14H2,1-2H3/b20-15-. The summed E-state index contributed by atoms with van der Waals surface area (Å²) < 4.78 is 5.18. The lowest BCUT2D eigenvalue weighted by atomic mass is 10.2. The number of amidine groups is 1. The van der Waals surface area contributed by atoms with E-state index in [1.165, 1.54) is 23.0 Å². The number of carbonyl (C=O) groups is 1. The van der Waals surface area contributed by atoms with Crippen LogP contribution in [0.15, 0.2) is 58.4 Å². The maximum Gasteiger partial charge on any atom is 0.286 e. The van der Waals surface area contributed by atoms with E-state index in [0.717, 1.165) is 42.7 Å². The minimum atomic E-state index is -0.156. The second-order valence-electron chi connectivity index (χ2n) is 6.89. The molecule has 2 aromatic rings. The molecule has 0 aliphatic carbocycles. The molecule has 6 heteroatoms.